The molecule has 0 aromatic carbocycles. The van der Waals surface area contributed by atoms with Crippen molar-refractivity contribution in [3.05, 3.63) is 0 Å². The van der Waals surface area contributed by atoms with Crippen molar-refractivity contribution >= 4 is 17.7 Å². The molecule has 2 unspecified atom stereocenters. The number of hydrogen-bond donors (Lipinski definition) is 1. The van der Waals surface area contributed by atoms with E-state index < -0.39 is 0 Å². The van der Waals surface area contributed by atoms with E-state index in [9.17, 15) is 4.79 Å². The number of ether oxygens (including phenoxy) is 1. The predicted molar refractivity (Wildman–Crippen MR) is 45.5 cm³/mol. The highest BCUT2D eigenvalue weighted by Crippen LogP contribution is 2.18. The third kappa shape index (κ3) is 2.38. The molecule has 0 amide bonds. The molecule has 1 fully saturated rings. The van der Waals surface area contributed by atoms with Gasteiger partial charge < -0.3 is 4.74 Å². The summed E-state index contributed by atoms with van der Waals surface area (Å²) in [5, 5.41) is 3.51. The maximum atomic E-state index is 11.1. The van der Waals surface area contributed by atoms with Gasteiger partial charge in [0, 0.05) is 5.75 Å². The first-order valence-corrected chi connectivity index (χ1v) is 4.83. The highest BCUT2D eigenvalue weighted by Gasteiger charge is 2.27. The van der Waals surface area contributed by atoms with Crippen LogP contribution in [0.4, 0.5) is 0 Å². The molecule has 0 spiro atoms. The van der Waals surface area contributed by atoms with E-state index >= 15 is 0 Å². The van der Waals surface area contributed by atoms with Gasteiger partial charge in [-0.15, -0.1) is 11.8 Å². The fourth-order valence-electron chi connectivity index (χ4n) is 0.999. The molecule has 0 aromatic heterocycles. The molecule has 4 heteroatoms. The van der Waals surface area contributed by atoms with E-state index in [1.165, 1.54) is 0 Å². The smallest absolute Gasteiger partial charge is 0.324 e. The maximum absolute atomic E-state index is 11.1. The van der Waals surface area contributed by atoms with Crippen LogP contribution in [0.5, 0.6) is 0 Å². The van der Waals surface area contributed by atoms with Crippen LogP contribution in [-0.4, -0.2) is 29.7 Å². The predicted octanol–water partition coefficient (Wildman–Crippen LogP) is 0.600. The van der Waals surface area contributed by atoms with Crippen LogP contribution in [0.3, 0.4) is 0 Å². The zero-order valence-electron chi connectivity index (χ0n) is 6.79. The zero-order valence-corrected chi connectivity index (χ0v) is 7.61. The fraction of sp³-hybridized carbons (Fsp3) is 0.857. The van der Waals surface area contributed by atoms with Gasteiger partial charge in [-0.25, -0.2) is 0 Å². The average molecular weight is 175 g/mol. The molecule has 1 rings (SSSR count). The lowest BCUT2D eigenvalue weighted by Gasteiger charge is -2.08. The molecule has 0 aliphatic carbocycles. The molecule has 1 saturated heterocycles. The van der Waals surface area contributed by atoms with Crippen molar-refractivity contribution in [1.29, 1.82) is 0 Å². The summed E-state index contributed by atoms with van der Waals surface area (Å²) in [4.78, 5) is 11.1. The van der Waals surface area contributed by atoms with Crippen molar-refractivity contribution in [2.24, 2.45) is 0 Å². The van der Waals surface area contributed by atoms with Crippen LogP contribution >= 0.6 is 11.8 Å². The molecule has 64 valence electrons. The summed E-state index contributed by atoms with van der Waals surface area (Å²) in [6.07, 6.45) is 0. The molecule has 0 aromatic rings. The highest BCUT2D eigenvalue weighted by atomic mass is 32.2. The minimum atomic E-state index is -0.121. The Morgan fingerprint density at radius 1 is 1.82 bits per heavy atom. The SMILES string of the molecule is CCOC(=O)C1CSC(C)N1. The molecule has 11 heavy (non-hydrogen) atoms. The average Bonchev–Trinajstić information content (AvgIpc) is 2.36. The van der Waals surface area contributed by atoms with Crippen molar-refractivity contribution < 1.29 is 9.53 Å². The highest BCUT2D eigenvalue weighted by molar-refractivity contribution is 8.00. The molecule has 1 heterocycles. The van der Waals surface area contributed by atoms with Gasteiger partial charge in [-0.3, -0.25) is 10.1 Å². The Kier molecular flexibility index (Phi) is 3.20. The fourth-order valence-corrected chi connectivity index (χ4v) is 1.97. The van der Waals surface area contributed by atoms with Crippen molar-refractivity contribution in [1.82, 2.24) is 5.32 Å². The van der Waals surface area contributed by atoms with E-state index in [4.69, 9.17) is 4.74 Å². The summed E-state index contributed by atoms with van der Waals surface area (Å²) in [6.45, 7) is 4.34. The lowest BCUT2D eigenvalue weighted by Crippen LogP contribution is -2.37. The van der Waals surface area contributed by atoms with Gasteiger partial charge in [0.1, 0.15) is 6.04 Å². The third-order valence-electron chi connectivity index (χ3n) is 1.52. The Bertz CT molecular complexity index is 151. The van der Waals surface area contributed by atoms with Crippen LogP contribution in [0.1, 0.15) is 13.8 Å². The number of rotatable bonds is 2. The molecule has 3 nitrogen and oxygen atoms in total. The van der Waals surface area contributed by atoms with E-state index in [1.807, 2.05) is 13.8 Å². The van der Waals surface area contributed by atoms with Crippen LogP contribution in [0.25, 0.3) is 0 Å². The van der Waals surface area contributed by atoms with Crippen LogP contribution in [0, 0.1) is 0 Å². The third-order valence-corrected chi connectivity index (χ3v) is 2.68. The first-order valence-electron chi connectivity index (χ1n) is 3.78. The van der Waals surface area contributed by atoms with E-state index in [0.29, 0.717) is 12.0 Å². The van der Waals surface area contributed by atoms with Gasteiger partial charge in [-0.2, -0.15) is 0 Å². The molecule has 0 radical (unpaired) electrons. The van der Waals surface area contributed by atoms with Crippen molar-refractivity contribution in [2.75, 3.05) is 12.4 Å². The first kappa shape index (κ1) is 8.87. The van der Waals surface area contributed by atoms with Crippen LogP contribution in [0.15, 0.2) is 0 Å². The second-order valence-electron chi connectivity index (χ2n) is 2.45. The largest absolute Gasteiger partial charge is 0.465 e. The lowest BCUT2D eigenvalue weighted by atomic mass is 10.3. The second kappa shape index (κ2) is 3.97. The molecule has 2 atom stereocenters. The minimum absolute atomic E-state index is 0.0880. The van der Waals surface area contributed by atoms with Gasteiger partial charge in [0.05, 0.1) is 12.0 Å². The van der Waals surface area contributed by atoms with Crippen LogP contribution in [-0.2, 0) is 9.53 Å². The minimum Gasteiger partial charge on any atom is -0.465 e. The quantitative estimate of drug-likeness (QED) is 0.624. The summed E-state index contributed by atoms with van der Waals surface area (Å²) in [6, 6.07) is -0.0880. The van der Waals surface area contributed by atoms with Crippen molar-refractivity contribution in [3.63, 3.8) is 0 Å². The van der Waals surface area contributed by atoms with E-state index in [1.54, 1.807) is 11.8 Å². The van der Waals surface area contributed by atoms with Gasteiger partial charge in [0.25, 0.3) is 0 Å². The maximum Gasteiger partial charge on any atom is 0.324 e. The Morgan fingerprint density at radius 3 is 3.00 bits per heavy atom. The molecular weight excluding hydrogens is 162 g/mol. The van der Waals surface area contributed by atoms with Gasteiger partial charge in [-0.1, -0.05) is 0 Å². The second-order valence-corrected chi connectivity index (χ2v) is 3.82. The Morgan fingerprint density at radius 2 is 2.55 bits per heavy atom. The van der Waals surface area contributed by atoms with Gasteiger partial charge in [-0.05, 0) is 13.8 Å². The lowest BCUT2D eigenvalue weighted by molar-refractivity contribution is -0.144. The van der Waals surface area contributed by atoms with Crippen molar-refractivity contribution in [3.8, 4) is 0 Å². The molecule has 1 N–H and O–H groups in total. The Labute approximate surface area is 70.9 Å². The molecule has 1 aliphatic heterocycles. The van der Waals surface area contributed by atoms with E-state index in [2.05, 4.69) is 5.32 Å². The van der Waals surface area contributed by atoms with Gasteiger partial charge in [0.2, 0.25) is 0 Å². The topological polar surface area (TPSA) is 38.3 Å². The van der Waals surface area contributed by atoms with Crippen LogP contribution < -0.4 is 5.32 Å². The number of hydrogen-bond acceptors (Lipinski definition) is 4. The summed E-state index contributed by atoms with van der Waals surface area (Å²) in [5.41, 5.74) is 0. The van der Waals surface area contributed by atoms with E-state index in [-0.39, 0.29) is 12.0 Å². The summed E-state index contributed by atoms with van der Waals surface area (Å²) < 4.78 is 4.86. The Hall–Kier alpha value is -0.220. The Balaban J connectivity index is 2.31. The number of esters is 1. The summed E-state index contributed by atoms with van der Waals surface area (Å²) in [7, 11) is 0. The number of nitrogens with one attached hydrogen (secondary N) is 1. The molecule has 1 aliphatic rings. The standard InChI is InChI=1S/C7H13NO2S/c1-3-10-7(9)6-4-11-5(2)8-6/h5-6,8H,3-4H2,1-2H3. The molecule has 0 saturated carbocycles. The number of carbonyl (C=O) groups is 1. The number of carbonyl (C=O) groups excluding carboxylic acids is 1. The number of thioether (sulfide) groups is 1. The van der Waals surface area contributed by atoms with E-state index in [0.717, 1.165) is 5.75 Å². The van der Waals surface area contributed by atoms with Gasteiger partial charge in [0.15, 0.2) is 0 Å². The molecule has 0 bridgehead atoms. The van der Waals surface area contributed by atoms with Gasteiger partial charge >= 0.3 is 5.97 Å². The normalized spacial score (nSPS) is 30.4. The first-order chi connectivity index (χ1) is 5.24. The van der Waals surface area contributed by atoms with Crippen molar-refractivity contribution in [2.45, 2.75) is 25.3 Å². The summed E-state index contributed by atoms with van der Waals surface area (Å²) in [5.74, 6) is 0.712. The zero-order chi connectivity index (χ0) is 8.27. The van der Waals surface area contributed by atoms with Crippen LogP contribution in [0.2, 0.25) is 0 Å². The monoisotopic (exact) mass is 175 g/mol. The summed E-state index contributed by atoms with van der Waals surface area (Å²) >= 11 is 1.75. The molecular formula is C7H13NO2S.